The molecule has 1 aliphatic rings. The number of carbonyl (C=O) groups excluding carboxylic acids is 1. The van der Waals surface area contributed by atoms with Gasteiger partial charge < -0.3 is 4.42 Å². The number of hydrogen-bond donors (Lipinski definition) is 0. The number of nitrogens with zero attached hydrogens (tertiary/aromatic N) is 2. The second-order valence-electron chi connectivity index (χ2n) is 7.11. The van der Waals surface area contributed by atoms with Gasteiger partial charge in [0.25, 0.3) is 5.91 Å². The Morgan fingerprint density at radius 3 is 2.57 bits per heavy atom. The van der Waals surface area contributed by atoms with Gasteiger partial charge in [-0.1, -0.05) is 41.4 Å². The van der Waals surface area contributed by atoms with Crippen LogP contribution in [0, 0.1) is 6.92 Å². The molecule has 0 aliphatic carbocycles. The fourth-order valence-corrected chi connectivity index (χ4v) is 4.11. The molecule has 0 fully saturated rings. The molecular formula is C23H14Cl2N2O3. The molecule has 0 unspecified atom stereocenters. The minimum Gasteiger partial charge on any atom is -0.450 e. The van der Waals surface area contributed by atoms with Gasteiger partial charge in [-0.25, -0.2) is 4.98 Å². The van der Waals surface area contributed by atoms with Crippen LogP contribution in [0.4, 0.5) is 5.82 Å². The van der Waals surface area contributed by atoms with E-state index in [9.17, 15) is 9.59 Å². The first kappa shape index (κ1) is 18.9. The van der Waals surface area contributed by atoms with E-state index in [0.29, 0.717) is 32.4 Å². The third-order valence-corrected chi connectivity index (χ3v) is 5.92. The lowest BCUT2D eigenvalue weighted by atomic mass is 9.98. The highest BCUT2D eigenvalue weighted by atomic mass is 35.5. The van der Waals surface area contributed by atoms with E-state index < -0.39 is 11.9 Å². The monoisotopic (exact) mass is 436 g/mol. The van der Waals surface area contributed by atoms with E-state index in [2.05, 4.69) is 4.98 Å². The third-order valence-electron chi connectivity index (χ3n) is 5.18. The molecule has 7 heteroatoms. The van der Waals surface area contributed by atoms with Crippen LogP contribution in [0.25, 0.3) is 11.0 Å². The summed E-state index contributed by atoms with van der Waals surface area (Å²) in [5, 5.41) is 1.13. The van der Waals surface area contributed by atoms with Crippen molar-refractivity contribution in [2.75, 3.05) is 4.90 Å². The highest BCUT2D eigenvalue weighted by molar-refractivity contribution is 6.42. The van der Waals surface area contributed by atoms with Crippen LogP contribution in [0.2, 0.25) is 10.0 Å². The SMILES string of the molecule is Cc1ccnc(N2C(=O)c3oc4ccccc4c(=O)c3[C@@H]2c2ccc(Cl)c(Cl)c2)c1. The third kappa shape index (κ3) is 2.82. The van der Waals surface area contributed by atoms with E-state index in [-0.39, 0.29) is 16.8 Å². The molecule has 3 heterocycles. The standard InChI is InChI=1S/C23H14Cl2N2O3/c1-12-8-9-26-18(10-12)27-20(13-6-7-15(24)16(25)11-13)19-21(28)14-4-2-3-5-17(14)30-22(19)23(27)29/h2-11,20H,1H3/t20-/m0/s1. The van der Waals surface area contributed by atoms with Crippen LogP contribution in [0.5, 0.6) is 0 Å². The molecule has 0 bridgehead atoms. The van der Waals surface area contributed by atoms with Crippen LogP contribution in [0.15, 0.2) is 70.0 Å². The van der Waals surface area contributed by atoms with Gasteiger partial charge in [-0.05, 0) is 54.4 Å². The number of para-hydroxylation sites is 1. The van der Waals surface area contributed by atoms with Crippen molar-refractivity contribution in [3.05, 3.63) is 104 Å². The van der Waals surface area contributed by atoms with E-state index >= 15 is 0 Å². The number of carbonyl (C=O) groups is 1. The highest BCUT2D eigenvalue weighted by Crippen LogP contribution is 2.41. The molecule has 1 atom stereocenters. The highest BCUT2D eigenvalue weighted by Gasteiger charge is 2.44. The number of amides is 1. The predicted octanol–water partition coefficient (Wildman–Crippen LogP) is 5.55. The molecule has 1 amide bonds. The summed E-state index contributed by atoms with van der Waals surface area (Å²) in [6.45, 7) is 1.91. The van der Waals surface area contributed by atoms with Crippen molar-refractivity contribution in [3.8, 4) is 0 Å². The summed E-state index contributed by atoms with van der Waals surface area (Å²) in [6.07, 6.45) is 1.62. The molecule has 2 aromatic carbocycles. The second kappa shape index (κ2) is 6.97. The summed E-state index contributed by atoms with van der Waals surface area (Å²) in [5.74, 6) is 0.00559. The maximum absolute atomic E-state index is 13.4. The van der Waals surface area contributed by atoms with E-state index in [1.54, 1.807) is 54.7 Å². The minimum absolute atomic E-state index is 0.0121. The summed E-state index contributed by atoms with van der Waals surface area (Å²) in [7, 11) is 0. The fourth-order valence-electron chi connectivity index (χ4n) is 3.81. The Bertz CT molecular complexity index is 1400. The zero-order valence-corrected chi connectivity index (χ0v) is 17.2. The number of pyridine rings is 1. The van der Waals surface area contributed by atoms with Crippen molar-refractivity contribution in [2.45, 2.75) is 13.0 Å². The first-order valence-electron chi connectivity index (χ1n) is 9.22. The van der Waals surface area contributed by atoms with Gasteiger partial charge in [0.15, 0.2) is 5.43 Å². The van der Waals surface area contributed by atoms with Crippen LogP contribution in [0.1, 0.15) is 33.3 Å². The first-order valence-corrected chi connectivity index (χ1v) is 9.98. The second-order valence-corrected chi connectivity index (χ2v) is 7.93. The van der Waals surface area contributed by atoms with Crippen molar-refractivity contribution in [1.82, 2.24) is 4.98 Å². The van der Waals surface area contributed by atoms with Gasteiger partial charge in [0.05, 0.1) is 27.0 Å². The number of halogens is 2. The predicted molar refractivity (Wildman–Crippen MR) is 117 cm³/mol. The largest absolute Gasteiger partial charge is 0.450 e. The molecule has 0 saturated heterocycles. The molecular weight excluding hydrogens is 423 g/mol. The summed E-state index contributed by atoms with van der Waals surface area (Å²) in [6, 6.07) is 14.8. The van der Waals surface area contributed by atoms with Crippen LogP contribution in [0.3, 0.4) is 0 Å². The normalized spacial score (nSPS) is 15.6. The number of aromatic nitrogens is 1. The number of anilines is 1. The van der Waals surface area contributed by atoms with E-state index in [1.807, 2.05) is 13.0 Å². The smallest absolute Gasteiger partial charge is 0.296 e. The fraction of sp³-hybridized carbons (Fsp3) is 0.0870. The number of benzene rings is 2. The molecule has 2 aromatic heterocycles. The van der Waals surface area contributed by atoms with Gasteiger partial charge in [0.2, 0.25) is 5.76 Å². The zero-order chi connectivity index (χ0) is 21.0. The lowest BCUT2D eigenvalue weighted by Crippen LogP contribution is -2.30. The van der Waals surface area contributed by atoms with Gasteiger partial charge in [0.1, 0.15) is 11.4 Å². The Balaban J connectivity index is 1.83. The molecule has 0 N–H and O–H groups in total. The molecule has 4 aromatic rings. The molecule has 5 nitrogen and oxygen atoms in total. The summed E-state index contributed by atoms with van der Waals surface area (Å²) >= 11 is 12.4. The van der Waals surface area contributed by atoms with Crippen molar-refractivity contribution in [1.29, 1.82) is 0 Å². The maximum Gasteiger partial charge on any atom is 0.296 e. The van der Waals surface area contributed by atoms with Crippen LogP contribution >= 0.6 is 23.2 Å². The summed E-state index contributed by atoms with van der Waals surface area (Å²) in [4.78, 5) is 32.7. The molecule has 0 spiro atoms. The quantitative estimate of drug-likeness (QED) is 0.412. The van der Waals surface area contributed by atoms with Crippen LogP contribution < -0.4 is 10.3 Å². The number of rotatable bonds is 2. The van der Waals surface area contributed by atoms with Crippen molar-refractivity contribution in [2.24, 2.45) is 0 Å². The van der Waals surface area contributed by atoms with E-state index in [1.165, 1.54) is 4.90 Å². The van der Waals surface area contributed by atoms with Crippen LogP contribution in [-0.2, 0) is 0 Å². The van der Waals surface area contributed by atoms with Gasteiger partial charge >= 0.3 is 0 Å². The van der Waals surface area contributed by atoms with Gasteiger partial charge in [-0.15, -0.1) is 0 Å². The van der Waals surface area contributed by atoms with Gasteiger partial charge in [0, 0.05) is 6.20 Å². The number of fused-ring (bicyclic) bond motifs is 2. The summed E-state index contributed by atoms with van der Waals surface area (Å²) < 4.78 is 5.91. The Hall–Kier alpha value is -3.15. The molecule has 148 valence electrons. The Labute approximate surface area is 181 Å². The van der Waals surface area contributed by atoms with Crippen LogP contribution in [-0.4, -0.2) is 10.9 Å². The van der Waals surface area contributed by atoms with E-state index in [4.69, 9.17) is 27.6 Å². The molecule has 0 radical (unpaired) electrons. The molecule has 1 aliphatic heterocycles. The van der Waals surface area contributed by atoms with Crippen molar-refractivity contribution in [3.63, 3.8) is 0 Å². The number of hydrogen-bond acceptors (Lipinski definition) is 4. The van der Waals surface area contributed by atoms with Gasteiger partial charge in [-0.3, -0.25) is 14.5 Å². The Kier molecular flexibility index (Phi) is 4.38. The maximum atomic E-state index is 13.4. The van der Waals surface area contributed by atoms with E-state index in [0.717, 1.165) is 5.56 Å². The average molecular weight is 437 g/mol. The van der Waals surface area contributed by atoms with Gasteiger partial charge in [-0.2, -0.15) is 0 Å². The zero-order valence-electron chi connectivity index (χ0n) is 15.7. The minimum atomic E-state index is -0.738. The summed E-state index contributed by atoms with van der Waals surface area (Å²) in [5.41, 5.74) is 1.94. The Morgan fingerprint density at radius 2 is 1.80 bits per heavy atom. The molecule has 30 heavy (non-hydrogen) atoms. The van der Waals surface area contributed by atoms with Crippen molar-refractivity contribution < 1.29 is 9.21 Å². The lowest BCUT2D eigenvalue weighted by Gasteiger charge is -2.24. The first-order chi connectivity index (χ1) is 14.5. The number of aryl methyl sites for hydroxylation is 1. The van der Waals surface area contributed by atoms with Crippen molar-refractivity contribution >= 4 is 45.9 Å². The molecule has 5 rings (SSSR count). The lowest BCUT2D eigenvalue weighted by molar-refractivity contribution is 0.0970. The molecule has 0 saturated carbocycles. The average Bonchev–Trinajstić information content (AvgIpc) is 3.03. The Morgan fingerprint density at radius 1 is 1.00 bits per heavy atom. The topological polar surface area (TPSA) is 63.4 Å².